The van der Waals surface area contributed by atoms with Gasteiger partial charge in [0, 0.05) is 6.61 Å². The minimum absolute atomic E-state index is 0. The fraction of sp³-hybridized carbons (Fsp3) is 1.00. The molecule has 58 valence electrons. The zero-order chi connectivity index (χ0) is 6.95. The molecule has 4 heteroatoms. The van der Waals surface area contributed by atoms with Crippen LogP contribution >= 0.6 is 0 Å². The van der Waals surface area contributed by atoms with E-state index in [9.17, 15) is 0 Å². The maximum Gasteiger partial charge on any atom is 1.00 e. The fourth-order valence-corrected chi connectivity index (χ4v) is 0.429. The van der Waals surface area contributed by atoms with E-state index in [1.807, 2.05) is 6.92 Å². The van der Waals surface area contributed by atoms with E-state index in [0.29, 0.717) is 19.8 Å². The van der Waals surface area contributed by atoms with Crippen molar-refractivity contribution in [3.8, 4) is 0 Å². The summed E-state index contributed by atoms with van der Waals surface area (Å²) in [7, 11) is 0. The fourth-order valence-electron chi connectivity index (χ4n) is 0.429. The molecule has 0 heterocycles. The van der Waals surface area contributed by atoms with Gasteiger partial charge in [0.1, 0.15) is 0 Å². The molecule has 0 saturated carbocycles. The predicted octanol–water partition coefficient (Wildman–Crippen LogP) is -2.85. The number of aliphatic hydroxyl groups is 1. The monoisotopic (exact) mass is 174 g/mol. The van der Waals surface area contributed by atoms with E-state index < -0.39 is 0 Å². The van der Waals surface area contributed by atoms with E-state index in [4.69, 9.17) is 14.6 Å². The summed E-state index contributed by atoms with van der Waals surface area (Å²) in [6, 6.07) is 0. The third-order valence-electron chi connectivity index (χ3n) is 0.812. The summed E-state index contributed by atoms with van der Waals surface area (Å²) in [6.07, 6.45) is 0. The van der Waals surface area contributed by atoms with E-state index in [0.717, 1.165) is 6.61 Å². The Morgan fingerprint density at radius 1 is 1.20 bits per heavy atom. The Bertz CT molecular complexity index is 51.1. The molecule has 0 fully saturated rings. The van der Waals surface area contributed by atoms with Crippen LogP contribution in [0.3, 0.4) is 0 Å². The minimum atomic E-state index is 0. The van der Waals surface area contributed by atoms with Crippen molar-refractivity contribution < 1.29 is 67.4 Å². The molecule has 0 unspecified atom stereocenters. The van der Waals surface area contributed by atoms with Gasteiger partial charge in [-0.2, -0.15) is 0 Å². The Labute approximate surface area is 106 Å². The second-order valence-corrected chi connectivity index (χ2v) is 1.53. The molecule has 0 saturated heterocycles. The largest absolute Gasteiger partial charge is 1.00 e. The summed E-state index contributed by atoms with van der Waals surface area (Å²) in [5.74, 6) is 0. The van der Waals surface area contributed by atoms with Crippen LogP contribution in [-0.4, -0.2) is 38.1 Å². The topological polar surface area (TPSA) is 38.7 Å². The quantitative estimate of drug-likeness (QED) is 0.348. The summed E-state index contributed by atoms with van der Waals surface area (Å²) in [4.78, 5) is 0. The molecule has 0 radical (unpaired) electrons. The van der Waals surface area contributed by atoms with Crippen LogP contribution in [0.25, 0.3) is 0 Å². The average Bonchev–Trinajstić information content (AvgIpc) is 1.89. The van der Waals surface area contributed by atoms with E-state index in [1.165, 1.54) is 0 Å². The van der Waals surface area contributed by atoms with Crippen molar-refractivity contribution in [3.05, 3.63) is 0 Å². The second kappa shape index (κ2) is 13.1. The first-order chi connectivity index (χ1) is 4.41. The van der Waals surface area contributed by atoms with Crippen LogP contribution in [-0.2, 0) is 9.47 Å². The van der Waals surface area contributed by atoms with Gasteiger partial charge in [-0.3, -0.25) is 0 Å². The van der Waals surface area contributed by atoms with Gasteiger partial charge in [-0.1, -0.05) is 0 Å². The van der Waals surface area contributed by atoms with Crippen LogP contribution in [0, 0.1) is 0 Å². The molecular weight excluding hydrogens is 159 g/mol. The van der Waals surface area contributed by atoms with Crippen molar-refractivity contribution in [3.63, 3.8) is 0 Å². The molecule has 0 aliphatic heterocycles. The average molecular weight is 174 g/mol. The van der Waals surface area contributed by atoms with Crippen molar-refractivity contribution in [1.29, 1.82) is 0 Å². The minimum Gasteiger partial charge on any atom is -1.00 e. The zero-order valence-corrected chi connectivity index (χ0v) is 9.92. The first-order valence-electron chi connectivity index (χ1n) is 3.18. The molecule has 0 aromatic rings. The Kier molecular flexibility index (Phi) is 18.5. The number of aliphatic hydroxyl groups excluding tert-OH is 1. The number of ether oxygens (including phenoxy) is 2. The molecule has 0 bridgehead atoms. The molecule has 0 rings (SSSR count). The molecule has 1 N–H and O–H groups in total. The normalized spacial score (nSPS) is 9.00. The Morgan fingerprint density at radius 2 is 1.80 bits per heavy atom. The molecule has 0 amide bonds. The van der Waals surface area contributed by atoms with Gasteiger partial charge in [-0.15, -0.1) is 0 Å². The van der Waals surface area contributed by atoms with Gasteiger partial charge in [0.05, 0.1) is 26.4 Å². The van der Waals surface area contributed by atoms with Gasteiger partial charge in [0.2, 0.25) is 0 Å². The molecule has 0 spiro atoms. The van der Waals surface area contributed by atoms with Crippen LogP contribution in [0.5, 0.6) is 0 Å². The van der Waals surface area contributed by atoms with Crippen LogP contribution in [0.1, 0.15) is 8.35 Å². The third-order valence-corrected chi connectivity index (χ3v) is 0.812. The van der Waals surface area contributed by atoms with E-state index in [1.54, 1.807) is 0 Å². The molecule has 0 aliphatic rings. The summed E-state index contributed by atoms with van der Waals surface area (Å²) in [5.41, 5.74) is 0. The Morgan fingerprint density at radius 3 is 2.30 bits per heavy atom. The van der Waals surface area contributed by atoms with Gasteiger partial charge in [0.15, 0.2) is 0 Å². The molecule has 0 aromatic heterocycles. The van der Waals surface area contributed by atoms with Crippen molar-refractivity contribution >= 4 is 0 Å². The first kappa shape index (κ1) is 14.1. The van der Waals surface area contributed by atoms with Crippen molar-refractivity contribution in [2.75, 3.05) is 33.0 Å². The molecule has 0 aromatic carbocycles. The summed E-state index contributed by atoms with van der Waals surface area (Å²) in [5, 5.41) is 8.26. The van der Waals surface area contributed by atoms with E-state index in [2.05, 4.69) is 0 Å². The van der Waals surface area contributed by atoms with Gasteiger partial charge in [-0.05, 0) is 6.92 Å². The standard InChI is InChI=1S/C6H14O3.K.H/c1-2-8-5-6-9-4-3-7;;/h7H,2-6H2,1H3;;/q;+1;-1. The smallest absolute Gasteiger partial charge is 1.00 e. The van der Waals surface area contributed by atoms with Crippen LogP contribution in [0.4, 0.5) is 0 Å². The van der Waals surface area contributed by atoms with Crippen molar-refractivity contribution in [2.45, 2.75) is 6.92 Å². The summed E-state index contributed by atoms with van der Waals surface area (Å²) >= 11 is 0. The molecular formula is C6H15KO3. The molecule has 0 atom stereocenters. The number of hydrogen-bond acceptors (Lipinski definition) is 3. The van der Waals surface area contributed by atoms with E-state index in [-0.39, 0.29) is 59.4 Å². The third kappa shape index (κ3) is 12.2. The summed E-state index contributed by atoms with van der Waals surface area (Å²) in [6.45, 7) is 4.36. The molecule has 10 heavy (non-hydrogen) atoms. The van der Waals surface area contributed by atoms with Crippen molar-refractivity contribution in [1.82, 2.24) is 0 Å². The van der Waals surface area contributed by atoms with Gasteiger partial charge < -0.3 is 16.0 Å². The SMILES string of the molecule is CCOCCOCCO.[H-].[K+]. The Hall–Kier alpha value is 1.52. The zero-order valence-electron chi connectivity index (χ0n) is 7.80. The van der Waals surface area contributed by atoms with Gasteiger partial charge in [-0.25, -0.2) is 0 Å². The van der Waals surface area contributed by atoms with Gasteiger partial charge >= 0.3 is 51.4 Å². The first-order valence-corrected chi connectivity index (χ1v) is 3.18. The molecule has 3 nitrogen and oxygen atoms in total. The van der Waals surface area contributed by atoms with Crippen molar-refractivity contribution in [2.24, 2.45) is 0 Å². The Balaban J connectivity index is -0.000000320. The maximum atomic E-state index is 8.26. The van der Waals surface area contributed by atoms with E-state index >= 15 is 0 Å². The maximum absolute atomic E-state index is 8.26. The van der Waals surface area contributed by atoms with Crippen LogP contribution in [0.15, 0.2) is 0 Å². The number of rotatable bonds is 6. The van der Waals surface area contributed by atoms with Gasteiger partial charge in [0.25, 0.3) is 0 Å². The van der Waals surface area contributed by atoms with Crippen LogP contribution < -0.4 is 51.4 Å². The predicted molar refractivity (Wildman–Crippen MR) is 35.5 cm³/mol. The molecule has 0 aliphatic carbocycles. The van der Waals surface area contributed by atoms with Crippen LogP contribution in [0.2, 0.25) is 0 Å². The number of hydrogen-bond donors (Lipinski definition) is 1. The second-order valence-electron chi connectivity index (χ2n) is 1.53. The summed E-state index contributed by atoms with van der Waals surface area (Å²) < 4.78 is 9.88.